The van der Waals surface area contributed by atoms with Gasteiger partial charge in [0, 0.05) is 19.5 Å². The Morgan fingerprint density at radius 1 is 1.75 bits per heavy atom. The van der Waals surface area contributed by atoms with Crippen molar-refractivity contribution in [2.75, 3.05) is 7.05 Å². The zero-order valence-corrected chi connectivity index (χ0v) is 4.92. The number of likely N-dealkylation sites (tertiary alicyclic amines) is 1. The van der Waals surface area contributed by atoms with Gasteiger partial charge in [0.05, 0.1) is 0 Å². The van der Waals surface area contributed by atoms with Gasteiger partial charge in [-0.3, -0.25) is 4.79 Å². The molecule has 0 aromatic rings. The highest BCUT2D eigenvalue weighted by molar-refractivity contribution is 5.80. The Hall–Kier alpha value is -0.530. The van der Waals surface area contributed by atoms with Gasteiger partial charge in [0.25, 0.3) is 0 Å². The van der Waals surface area contributed by atoms with Gasteiger partial charge in [-0.15, -0.1) is 0 Å². The van der Waals surface area contributed by atoms with Crippen molar-refractivity contribution in [3.63, 3.8) is 0 Å². The lowest BCUT2D eigenvalue weighted by Crippen LogP contribution is -2.22. The lowest BCUT2D eigenvalue weighted by Gasteiger charge is -2.08. The molecule has 2 rings (SSSR count). The molecule has 2 fully saturated rings. The molecular weight excluding hydrogens is 102 g/mol. The van der Waals surface area contributed by atoms with Crippen LogP contribution in [-0.4, -0.2) is 23.9 Å². The third-order valence-electron chi connectivity index (χ3n) is 2.21. The molecule has 1 heterocycles. The molecular formula is C6H9NO. The third kappa shape index (κ3) is 0.358. The average Bonchev–Trinajstić information content (AvgIpc) is 2.39. The molecule has 1 aliphatic carbocycles. The minimum atomic E-state index is 0.339. The Bertz CT molecular complexity index is 143. The Labute approximate surface area is 48.5 Å². The molecule has 0 aromatic heterocycles. The summed E-state index contributed by atoms with van der Waals surface area (Å²) in [5, 5.41) is 0. The number of hydrogen-bond acceptors (Lipinski definition) is 1. The quantitative estimate of drug-likeness (QED) is 0.438. The Morgan fingerprint density at radius 2 is 2.50 bits per heavy atom. The van der Waals surface area contributed by atoms with E-state index < -0.39 is 0 Å². The Kier molecular flexibility index (Phi) is 0.581. The first-order valence-electron chi connectivity index (χ1n) is 3.04. The summed E-state index contributed by atoms with van der Waals surface area (Å²) in [6.07, 6.45) is 2.09. The molecule has 0 aromatic carbocycles. The van der Waals surface area contributed by atoms with Gasteiger partial charge in [-0.05, 0) is 12.3 Å². The van der Waals surface area contributed by atoms with E-state index in [1.54, 1.807) is 0 Å². The molecule has 2 atom stereocenters. The SMILES string of the molecule is CN1C(=O)CC2C[C@@H]21. The molecule has 1 unspecified atom stereocenters. The van der Waals surface area contributed by atoms with Gasteiger partial charge in [0.1, 0.15) is 0 Å². The first-order valence-corrected chi connectivity index (χ1v) is 3.04. The van der Waals surface area contributed by atoms with Crippen molar-refractivity contribution in [1.29, 1.82) is 0 Å². The molecule has 2 nitrogen and oxygen atoms in total. The summed E-state index contributed by atoms with van der Waals surface area (Å²) >= 11 is 0. The predicted octanol–water partition coefficient (Wildman–Crippen LogP) is 0.237. The maximum Gasteiger partial charge on any atom is 0.222 e. The van der Waals surface area contributed by atoms with Crippen LogP contribution in [0.25, 0.3) is 0 Å². The summed E-state index contributed by atoms with van der Waals surface area (Å²) in [6.45, 7) is 0. The molecule has 0 radical (unpaired) electrons. The molecule has 2 aliphatic rings. The van der Waals surface area contributed by atoms with E-state index in [9.17, 15) is 4.79 Å². The van der Waals surface area contributed by atoms with E-state index in [1.807, 2.05) is 11.9 Å². The van der Waals surface area contributed by atoms with Crippen LogP contribution in [0.15, 0.2) is 0 Å². The highest BCUT2D eigenvalue weighted by atomic mass is 16.2. The predicted molar refractivity (Wildman–Crippen MR) is 29.3 cm³/mol. The topological polar surface area (TPSA) is 20.3 Å². The lowest BCUT2D eigenvalue weighted by atomic mass is 10.3. The van der Waals surface area contributed by atoms with Crippen molar-refractivity contribution in [1.82, 2.24) is 4.90 Å². The molecule has 1 aliphatic heterocycles. The molecule has 0 N–H and O–H groups in total. The van der Waals surface area contributed by atoms with E-state index in [0.29, 0.717) is 11.9 Å². The van der Waals surface area contributed by atoms with E-state index in [4.69, 9.17) is 0 Å². The smallest absolute Gasteiger partial charge is 0.222 e. The van der Waals surface area contributed by atoms with Gasteiger partial charge in [-0.1, -0.05) is 0 Å². The first-order chi connectivity index (χ1) is 3.79. The fourth-order valence-corrected chi connectivity index (χ4v) is 1.48. The number of carbonyl (C=O) groups excluding carboxylic acids is 1. The van der Waals surface area contributed by atoms with Crippen molar-refractivity contribution in [3.05, 3.63) is 0 Å². The van der Waals surface area contributed by atoms with Crippen LogP contribution in [0.4, 0.5) is 0 Å². The number of nitrogens with zero attached hydrogens (tertiary/aromatic N) is 1. The summed E-state index contributed by atoms with van der Waals surface area (Å²) in [5.41, 5.74) is 0. The summed E-state index contributed by atoms with van der Waals surface area (Å²) in [5.74, 6) is 1.08. The molecule has 0 bridgehead atoms. The standard InChI is InChI=1S/C6H9NO/c1-7-5-2-4(5)3-6(7)8/h4-5H,2-3H2,1H3/t4?,5-/m0/s1. The average molecular weight is 111 g/mol. The maximum atomic E-state index is 10.7. The Balaban J connectivity index is 2.19. The number of carbonyl (C=O) groups is 1. The molecule has 1 saturated carbocycles. The first kappa shape index (κ1) is 4.36. The second kappa shape index (κ2) is 1.07. The summed E-state index contributed by atoms with van der Waals surface area (Å²) in [4.78, 5) is 12.6. The van der Waals surface area contributed by atoms with Crippen molar-refractivity contribution in [2.24, 2.45) is 5.92 Å². The second-order valence-electron chi connectivity index (χ2n) is 2.77. The van der Waals surface area contributed by atoms with Crippen molar-refractivity contribution >= 4 is 5.91 Å². The van der Waals surface area contributed by atoms with Gasteiger partial charge in [-0.2, -0.15) is 0 Å². The van der Waals surface area contributed by atoms with E-state index in [-0.39, 0.29) is 0 Å². The molecule has 44 valence electrons. The maximum absolute atomic E-state index is 10.7. The van der Waals surface area contributed by atoms with Crippen LogP contribution in [0.3, 0.4) is 0 Å². The second-order valence-corrected chi connectivity index (χ2v) is 2.77. The number of fused-ring (bicyclic) bond motifs is 1. The zero-order valence-electron chi connectivity index (χ0n) is 4.92. The summed E-state index contributed by atoms with van der Waals surface area (Å²) in [6, 6.07) is 0.641. The number of hydrogen-bond donors (Lipinski definition) is 0. The van der Waals surface area contributed by atoms with Gasteiger partial charge in [0.2, 0.25) is 5.91 Å². The van der Waals surface area contributed by atoms with E-state index in [1.165, 1.54) is 6.42 Å². The largest absolute Gasteiger partial charge is 0.342 e. The fraction of sp³-hybridized carbons (Fsp3) is 0.833. The van der Waals surface area contributed by atoms with Crippen molar-refractivity contribution in [2.45, 2.75) is 18.9 Å². The Morgan fingerprint density at radius 3 is 2.75 bits per heavy atom. The van der Waals surface area contributed by atoms with Gasteiger partial charge < -0.3 is 4.90 Å². The summed E-state index contributed by atoms with van der Waals surface area (Å²) < 4.78 is 0. The zero-order chi connectivity index (χ0) is 5.72. The van der Waals surface area contributed by atoms with Crippen LogP contribution in [0, 0.1) is 5.92 Å². The summed E-state index contributed by atoms with van der Waals surface area (Å²) in [7, 11) is 1.90. The van der Waals surface area contributed by atoms with E-state index in [0.717, 1.165) is 12.3 Å². The van der Waals surface area contributed by atoms with Crippen LogP contribution >= 0.6 is 0 Å². The van der Waals surface area contributed by atoms with Crippen LogP contribution in [0.5, 0.6) is 0 Å². The van der Waals surface area contributed by atoms with Gasteiger partial charge >= 0.3 is 0 Å². The molecule has 1 amide bonds. The van der Waals surface area contributed by atoms with Crippen LogP contribution in [-0.2, 0) is 4.79 Å². The highest BCUT2D eigenvalue weighted by Gasteiger charge is 2.49. The molecule has 1 saturated heterocycles. The normalized spacial score (nSPS) is 42.6. The van der Waals surface area contributed by atoms with E-state index >= 15 is 0 Å². The minimum absolute atomic E-state index is 0.339. The fourth-order valence-electron chi connectivity index (χ4n) is 1.48. The number of rotatable bonds is 0. The lowest BCUT2D eigenvalue weighted by molar-refractivity contribution is -0.127. The molecule has 8 heavy (non-hydrogen) atoms. The van der Waals surface area contributed by atoms with Gasteiger partial charge in [0.15, 0.2) is 0 Å². The third-order valence-corrected chi connectivity index (χ3v) is 2.21. The van der Waals surface area contributed by atoms with Crippen molar-refractivity contribution < 1.29 is 4.79 Å². The highest BCUT2D eigenvalue weighted by Crippen LogP contribution is 2.43. The number of piperidine rings is 1. The minimum Gasteiger partial charge on any atom is -0.342 e. The van der Waals surface area contributed by atoms with E-state index in [2.05, 4.69) is 0 Å². The molecule has 2 heteroatoms. The monoisotopic (exact) mass is 111 g/mol. The number of amides is 1. The van der Waals surface area contributed by atoms with Crippen LogP contribution in [0.1, 0.15) is 12.8 Å². The van der Waals surface area contributed by atoms with Gasteiger partial charge in [-0.25, -0.2) is 0 Å². The molecule has 0 spiro atoms. The van der Waals surface area contributed by atoms with Crippen LogP contribution < -0.4 is 0 Å². The van der Waals surface area contributed by atoms with Crippen molar-refractivity contribution in [3.8, 4) is 0 Å². The van der Waals surface area contributed by atoms with Crippen LogP contribution in [0.2, 0.25) is 0 Å².